The Kier molecular flexibility index (Phi) is 1.78. The molecule has 0 atom stereocenters. The normalized spacial score (nSPS) is 21.3. The summed E-state index contributed by atoms with van der Waals surface area (Å²) in [6.45, 7) is 0.0718. The standard InChI is InChI=1S/C6H11FN2O/c7-6(2-1-3-6)4-9-5(8)10/h1-4H2,(H3,8,9,10). The summed E-state index contributed by atoms with van der Waals surface area (Å²) < 4.78 is 13.0. The summed E-state index contributed by atoms with van der Waals surface area (Å²) in [6.07, 6.45) is 2.01. The van der Waals surface area contributed by atoms with Crippen LogP contribution < -0.4 is 11.1 Å². The smallest absolute Gasteiger partial charge is 0.312 e. The first-order valence-electron chi connectivity index (χ1n) is 3.35. The zero-order valence-corrected chi connectivity index (χ0v) is 5.69. The predicted molar refractivity (Wildman–Crippen MR) is 35.3 cm³/mol. The highest BCUT2D eigenvalue weighted by Gasteiger charge is 2.36. The lowest BCUT2D eigenvalue weighted by Gasteiger charge is -2.33. The number of rotatable bonds is 2. The number of hydrogen-bond donors (Lipinski definition) is 2. The fraction of sp³-hybridized carbons (Fsp3) is 0.833. The predicted octanol–water partition coefficient (Wildman–Crippen LogP) is 0.547. The Morgan fingerprint density at radius 3 is 2.60 bits per heavy atom. The second kappa shape index (κ2) is 2.44. The van der Waals surface area contributed by atoms with Crippen molar-refractivity contribution >= 4 is 6.03 Å². The maximum absolute atomic E-state index is 13.0. The van der Waals surface area contributed by atoms with E-state index in [0.717, 1.165) is 6.42 Å². The number of halogens is 1. The second-order valence-corrected chi connectivity index (χ2v) is 2.72. The highest BCUT2D eigenvalue weighted by molar-refractivity contribution is 5.71. The van der Waals surface area contributed by atoms with Crippen LogP contribution in [-0.4, -0.2) is 18.2 Å². The number of primary amides is 1. The third kappa shape index (κ3) is 1.59. The van der Waals surface area contributed by atoms with E-state index in [2.05, 4.69) is 5.32 Å². The molecule has 0 heterocycles. The second-order valence-electron chi connectivity index (χ2n) is 2.72. The molecule has 1 fully saturated rings. The number of carbonyl (C=O) groups is 1. The van der Waals surface area contributed by atoms with Crippen molar-refractivity contribution in [2.45, 2.75) is 24.9 Å². The van der Waals surface area contributed by atoms with Gasteiger partial charge in [0.2, 0.25) is 0 Å². The molecule has 58 valence electrons. The van der Waals surface area contributed by atoms with Crippen molar-refractivity contribution in [2.24, 2.45) is 5.73 Å². The first-order chi connectivity index (χ1) is 4.62. The van der Waals surface area contributed by atoms with Crippen molar-refractivity contribution in [3.05, 3.63) is 0 Å². The summed E-state index contributed by atoms with van der Waals surface area (Å²) in [5.74, 6) is 0. The molecule has 1 aliphatic carbocycles. The zero-order chi connectivity index (χ0) is 7.61. The first-order valence-corrected chi connectivity index (χ1v) is 3.35. The van der Waals surface area contributed by atoms with Gasteiger partial charge < -0.3 is 11.1 Å². The average molecular weight is 146 g/mol. The van der Waals surface area contributed by atoms with Crippen LogP contribution in [0.2, 0.25) is 0 Å². The van der Waals surface area contributed by atoms with Crippen molar-refractivity contribution in [2.75, 3.05) is 6.54 Å². The number of hydrogen-bond acceptors (Lipinski definition) is 1. The van der Waals surface area contributed by atoms with Gasteiger partial charge in [0.15, 0.2) is 0 Å². The molecule has 0 aromatic carbocycles. The molecule has 0 aliphatic heterocycles. The van der Waals surface area contributed by atoms with Crippen molar-refractivity contribution in [1.29, 1.82) is 0 Å². The van der Waals surface area contributed by atoms with Crippen molar-refractivity contribution in [1.82, 2.24) is 5.32 Å². The maximum Gasteiger partial charge on any atom is 0.312 e. The molecule has 0 bridgehead atoms. The minimum Gasteiger partial charge on any atom is -0.352 e. The quantitative estimate of drug-likeness (QED) is 0.587. The van der Waals surface area contributed by atoms with E-state index in [9.17, 15) is 9.18 Å². The fourth-order valence-corrected chi connectivity index (χ4v) is 0.983. The largest absolute Gasteiger partial charge is 0.352 e. The highest BCUT2D eigenvalue weighted by Crippen LogP contribution is 2.34. The van der Waals surface area contributed by atoms with Gasteiger partial charge in [-0.05, 0) is 19.3 Å². The maximum atomic E-state index is 13.0. The molecule has 0 saturated heterocycles. The molecule has 2 amide bonds. The van der Waals surface area contributed by atoms with E-state index >= 15 is 0 Å². The Morgan fingerprint density at radius 1 is 1.70 bits per heavy atom. The molecule has 3 nitrogen and oxygen atoms in total. The number of carbonyl (C=O) groups excluding carboxylic acids is 1. The number of urea groups is 1. The molecule has 0 unspecified atom stereocenters. The average Bonchev–Trinajstić information content (AvgIpc) is 1.79. The highest BCUT2D eigenvalue weighted by atomic mass is 19.1. The van der Waals surface area contributed by atoms with Gasteiger partial charge in [-0.2, -0.15) is 0 Å². The number of amides is 2. The van der Waals surface area contributed by atoms with Crippen LogP contribution in [0.25, 0.3) is 0 Å². The molecular formula is C6H11FN2O. The van der Waals surface area contributed by atoms with Crippen LogP contribution in [0.1, 0.15) is 19.3 Å². The summed E-state index contributed by atoms with van der Waals surface area (Å²) in [4.78, 5) is 10.1. The third-order valence-corrected chi connectivity index (χ3v) is 1.83. The lowest BCUT2D eigenvalue weighted by molar-refractivity contribution is 0.0662. The van der Waals surface area contributed by atoms with Crippen molar-refractivity contribution in [3.8, 4) is 0 Å². The van der Waals surface area contributed by atoms with E-state index in [1.54, 1.807) is 0 Å². The Morgan fingerprint density at radius 2 is 2.30 bits per heavy atom. The molecule has 0 radical (unpaired) electrons. The molecular weight excluding hydrogens is 135 g/mol. The monoisotopic (exact) mass is 146 g/mol. The molecule has 3 N–H and O–H groups in total. The van der Waals surface area contributed by atoms with E-state index in [0.29, 0.717) is 12.8 Å². The molecule has 1 rings (SSSR count). The van der Waals surface area contributed by atoms with Gasteiger partial charge in [-0.3, -0.25) is 0 Å². The van der Waals surface area contributed by atoms with Crippen molar-refractivity contribution < 1.29 is 9.18 Å². The van der Waals surface area contributed by atoms with Crippen LogP contribution in [0.5, 0.6) is 0 Å². The topological polar surface area (TPSA) is 55.1 Å². The number of nitrogens with two attached hydrogens (primary N) is 1. The minimum atomic E-state index is -1.16. The van der Waals surface area contributed by atoms with Gasteiger partial charge >= 0.3 is 6.03 Å². The van der Waals surface area contributed by atoms with Crippen LogP contribution in [0.4, 0.5) is 9.18 Å². The van der Waals surface area contributed by atoms with Gasteiger partial charge in [0.05, 0.1) is 6.54 Å². The Bertz CT molecular complexity index is 145. The minimum absolute atomic E-state index is 0.0718. The molecule has 1 aliphatic rings. The van der Waals surface area contributed by atoms with E-state index < -0.39 is 11.7 Å². The summed E-state index contributed by atoms with van der Waals surface area (Å²) in [7, 11) is 0. The molecule has 4 heteroatoms. The van der Waals surface area contributed by atoms with E-state index in [1.165, 1.54) is 0 Å². The summed E-state index contributed by atoms with van der Waals surface area (Å²) in [5, 5.41) is 2.25. The summed E-state index contributed by atoms with van der Waals surface area (Å²) in [5.41, 5.74) is 3.60. The number of nitrogens with one attached hydrogen (secondary N) is 1. The lowest BCUT2D eigenvalue weighted by Crippen LogP contribution is -2.45. The molecule has 0 spiro atoms. The third-order valence-electron chi connectivity index (χ3n) is 1.83. The Labute approximate surface area is 58.8 Å². The molecule has 0 aromatic rings. The van der Waals surface area contributed by atoms with Crippen LogP contribution in [-0.2, 0) is 0 Å². The van der Waals surface area contributed by atoms with Gasteiger partial charge in [0, 0.05) is 0 Å². The molecule has 10 heavy (non-hydrogen) atoms. The Hall–Kier alpha value is -0.800. The van der Waals surface area contributed by atoms with Crippen LogP contribution >= 0.6 is 0 Å². The van der Waals surface area contributed by atoms with Crippen LogP contribution in [0, 0.1) is 0 Å². The van der Waals surface area contributed by atoms with E-state index in [4.69, 9.17) is 5.73 Å². The zero-order valence-electron chi connectivity index (χ0n) is 5.69. The lowest BCUT2D eigenvalue weighted by atomic mass is 9.82. The molecule has 0 aromatic heterocycles. The summed E-state index contributed by atoms with van der Waals surface area (Å²) in [6, 6.07) is -0.649. The van der Waals surface area contributed by atoms with Gasteiger partial charge in [-0.25, -0.2) is 9.18 Å². The van der Waals surface area contributed by atoms with Crippen molar-refractivity contribution in [3.63, 3.8) is 0 Å². The SMILES string of the molecule is NC(=O)NCC1(F)CCC1. The Balaban J connectivity index is 2.18. The van der Waals surface area contributed by atoms with Gasteiger partial charge in [0.25, 0.3) is 0 Å². The fourth-order valence-electron chi connectivity index (χ4n) is 0.983. The van der Waals surface area contributed by atoms with Gasteiger partial charge in [-0.1, -0.05) is 0 Å². The van der Waals surface area contributed by atoms with E-state index in [-0.39, 0.29) is 6.54 Å². The van der Waals surface area contributed by atoms with Crippen LogP contribution in [0.3, 0.4) is 0 Å². The van der Waals surface area contributed by atoms with Gasteiger partial charge in [-0.15, -0.1) is 0 Å². The van der Waals surface area contributed by atoms with Gasteiger partial charge in [0.1, 0.15) is 5.67 Å². The van der Waals surface area contributed by atoms with E-state index in [1.807, 2.05) is 0 Å². The molecule has 1 saturated carbocycles. The van der Waals surface area contributed by atoms with Crippen LogP contribution in [0.15, 0.2) is 0 Å². The number of alkyl halides is 1. The first kappa shape index (κ1) is 7.31. The summed E-state index contributed by atoms with van der Waals surface area (Å²) >= 11 is 0.